The van der Waals surface area contributed by atoms with Gasteiger partial charge in [0.25, 0.3) is 0 Å². The Morgan fingerprint density at radius 3 is 2.59 bits per heavy atom. The number of nitrogens with zero attached hydrogens (tertiary/aromatic N) is 4. The molecule has 0 amide bonds. The van der Waals surface area contributed by atoms with Gasteiger partial charge in [-0.25, -0.2) is 0 Å². The molecule has 0 radical (unpaired) electrons. The van der Waals surface area contributed by atoms with Crippen molar-refractivity contribution >= 4 is 29.9 Å². The highest BCUT2D eigenvalue weighted by molar-refractivity contribution is 14.0. The first kappa shape index (κ1) is 25.4. The fraction of sp³-hybridized carbons (Fsp3) is 0.591. The zero-order valence-corrected chi connectivity index (χ0v) is 20.6. The molecule has 2 rings (SSSR count). The van der Waals surface area contributed by atoms with Crippen molar-refractivity contribution in [3.8, 4) is 0 Å². The van der Waals surface area contributed by atoms with Gasteiger partial charge in [-0.3, -0.25) is 4.99 Å². The minimum atomic E-state index is 0. The molecule has 1 heterocycles. The molecule has 0 saturated carbocycles. The molecule has 0 atom stereocenters. The van der Waals surface area contributed by atoms with Gasteiger partial charge in [0.1, 0.15) is 12.2 Å². The van der Waals surface area contributed by atoms with Crippen molar-refractivity contribution in [2.45, 2.75) is 59.9 Å². The molecule has 0 bridgehead atoms. The summed E-state index contributed by atoms with van der Waals surface area (Å²) in [7, 11) is 0. The number of hydrogen-bond donors (Lipinski definition) is 2. The van der Waals surface area contributed by atoms with E-state index < -0.39 is 0 Å². The number of halogens is 1. The molecule has 0 aliphatic rings. The topological polar surface area (TPSA) is 67.1 Å². The summed E-state index contributed by atoms with van der Waals surface area (Å²) in [4.78, 5) is 4.83. The van der Waals surface area contributed by atoms with Gasteiger partial charge in [0, 0.05) is 32.6 Å². The summed E-state index contributed by atoms with van der Waals surface area (Å²) in [6.45, 7) is 12.1. The number of hydrogen-bond acceptors (Lipinski definition) is 3. The van der Waals surface area contributed by atoms with E-state index in [0.29, 0.717) is 0 Å². The molecule has 29 heavy (non-hydrogen) atoms. The molecule has 7 heteroatoms. The number of benzene rings is 1. The van der Waals surface area contributed by atoms with Crippen molar-refractivity contribution in [1.29, 1.82) is 0 Å². The van der Waals surface area contributed by atoms with E-state index in [1.165, 1.54) is 12.0 Å². The molecule has 2 aromatic rings. The zero-order chi connectivity index (χ0) is 20.2. The van der Waals surface area contributed by atoms with Crippen molar-refractivity contribution in [3.63, 3.8) is 0 Å². The van der Waals surface area contributed by atoms with Gasteiger partial charge in [-0.15, -0.1) is 34.2 Å². The molecule has 1 aromatic heterocycles. The van der Waals surface area contributed by atoms with E-state index in [1.807, 2.05) is 0 Å². The van der Waals surface area contributed by atoms with Crippen LogP contribution in [-0.2, 0) is 19.4 Å². The van der Waals surface area contributed by atoms with Crippen LogP contribution in [0.4, 0.5) is 0 Å². The highest BCUT2D eigenvalue weighted by atomic mass is 127. The van der Waals surface area contributed by atoms with E-state index in [4.69, 9.17) is 4.99 Å². The summed E-state index contributed by atoms with van der Waals surface area (Å²) in [5, 5.41) is 14.9. The van der Waals surface area contributed by atoms with Gasteiger partial charge >= 0.3 is 0 Å². The molecule has 2 N–H and O–H groups in total. The average molecular weight is 512 g/mol. The Bertz CT molecular complexity index is 711. The molecule has 0 aliphatic heterocycles. The molecule has 162 valence electrons. The maximum Gasteiger partial charge on any atom is 0.191 e. The molecule has 0 fully saturated rings. The normalized spacial score (nSPS) is 11.8. The van der Waals surface area contributed by atoms with Crippen molar-refractivity contribution < 1.29 is 0 Å². The summed E-state index contributed by atoms with van der Waals surface area (Å²) in [6, 6.07) is 10.7. The maximum atomic E-state index is 4.83. The first-order chi connectivity index (χ1) is 13.5. The smallest absolute Gasteiger partial charge is 0.191 e. The Balaban J connectivity index is 0.00000420. The monoisotopic (exact) mass is 512 g/mol. The lowest BCUT2D eigenvalue weighted by molar-refractivity contribution is 0.337. The lowest BCUT2D eigenvalue weighted by Gasteiger charge is -2.23. The minimum Gasteiger partial charge on any atom is -0.357 e. The Labute approximate surface area is 193 Å². The second kappa shape index (κ2) is 13.6. The van der Waals surface area contributed by atoms with Crippen molar-refractivity contribution in [3.05, 3.63) is 48.0 Å². The van der Waals surface area contributed by atoms with Gasteiger partial charge in [0.05, 0.1) is 0 Å². The number of aliphatic imine (C=N–C) groups is 1. The summed E-state index contributed by atoms with van der Waals surface area (Å²) < 4.78 is 2.09. The summed E-state index contributed by atoms with van der Waals surface area (Å²) >= 11 is 0. The number of rotatable bonds is 11. The maximum absolute atomic E-state index is 4.83. The van der Waals surface area contributed by atoms with Crippen molar-refractivity contribution in [1.82, 2.24) is 25.4 Å². The quantitative estimate of drug-likeness (QED) is 0.271. The summed E-state index contributed by atoms with van der Waals surface area (Å²) in [6.07, 6.45) is 6.16. The fourth-order valence-corrected chi connectivity index (χ4v) is 3.16. The SMILES string of the molecule is CCNC(=NCC(C)(C)CCCc1ccccc1)NCCn1cnnc1CC.I. The molecule has 6 nitrogen and oxygen atoms in total. The minimum absolute atomic E-state index is 0. The third-order valence-corrected chi connectivity index (χ3v) is 4.83. The number of nitrogens with one attached hydrogen (secondary N) is 2. The molecule has 0 spiro atoms. The molecular formula is C22H37IN6. The third kappa shape index (κ3) is 9.60. The predicted molar refractivity (Wildman–Crippen MR) is 132 cm³/mol. The van der Waals surface area contributed by atoms with Crippen molar-refractivity contribution in [2.75, 3.05) is 19.6 Å². The Kier molecular flexibility index (Phi) is 11.9. The number of guanidine groups is 1. The van der Waals surface area contributed by atoms with Crippen LogP contribution in [0.15, 0.2) is 41.7 Å². The summed E-state index contributed by atoms with van der Waals surface area (Å²) in [5.74, 6) is 1.90. The van der Waals surface area contributed by atoms with Gasteiger partial charge in [0.2, 0.25) is 0 Å². The van der Waals surface area contributed by atoms with Crippen LogP contribution in [-0.4, -0.2) is 40.4 Å². The predicted octanol–water partition coefficient (Wildman–Crippen LogP) is 4.06. The largest absolute Gasteiger partial charge is 0.357 e. The zero-order valence-electron chi connectivity index (χ0n) is 18.3. The number of aromatic nitrogens is 3. The Hall–Kier alpha value is -1.64. The van der Waals surface area contributed by atoms with E-state index in [-0.39, 0.29) is 29.4 Å². The van der Waals surface area contributed by atoms with Crippen LogP contribution in [0.25, 0.3) is 0 Å². The lowest BCUT2D eigenvalue weighted by atomic mass is 9.86. The fourth-order valence-electron chi connectivity index (χ4n) is 3.16. The van der Waals surface area contributed by atoms with Crippen LogP contribution in [0.1, 0.15) is 51.9 Å². The highest BCUT2D eigenvalue weighted by Gasteiger charge is 2.17. The van der Waals surface area contributed by atoms with E-state index in [0.717, 1.165) is 57.2 Å². The van der Waals surface area contributed by atoms with Crippen LogP contribution < -0.4 is 10.6 Å². The summed E-state index contributed by atoms with van der Waals surface area (Å²) in [5.41, 5.74) is 1.60. The lowest BCUT2D eigenvalue weighted by Crippen LogP contribution is -2.39. The molecule has 0 saturated heterocycles. The van der Waals surface area contributed by atoms with Gasteiger partial charge in [-0.1, -0.05) is 51.1 Å². The van der Waals surface area contributed by atoms with E-state index in [9.17, 15) is 0 Å². The molecule has 1 aromatic carbocycles. The van der Waals surface area contributed by atoms with E-state index in [2.05, 4.69) is 83.4 Å². The van der Waals surface area contributed by atoms with Gasteiger partial charge in [-0.2, -0.15) is 0 Å². The van der Waals surface area contributed by atoms with Crippen molar-refractivity contribution in [2.24, 2.45) is 10.4 Å². The first-order valence-electron chi connectivity index (χ1n) is 10.5. The van der Waals surface area contributed by atoms with Crippen LogP contribution in [0.5, 0.6) is 0 Å². The first-order valence-corrected chi connectivity index (χ1v) is 10.5. The van der Waals surface area contributed by atoms with Gasteiger partial charge < -0.3 is 15.2 Å². The molecule has 0 unspecified atom stereocenters. The highest BCUT2D eigenvalue weighted by Crippen LogP contribution is 2.23. The third-order valence-electron chi connectivity index (χ3n) is 4.83. The average Bonchev–Trinajstić information content (AvgIpc) is 3.14. The van der Waals surface area contributed by atoms with Gasteiger partial charge in [0.15, 0.2) is 5.96 Å². The van der Waals surface area contributed by atoms with Crippen LogP contribution >= 0.6 is 24.0 Å². The second-order valence-corrected chi connectivity index (χ2v) is 7.92. The van der Waals surface area contributed by atoms with E-state index >= 15 is 0 Å². The Morgan fingerprint density at radius 1 is 1.14 bits per heavy atom. The second-order valence-electron chi connectivity index (χ2n) is 7.92. The van der Waals surface area contributed by atoms with Crippen LogP contribution in [0.2, 0.25) is 0 Å². The van der Waals surface area contributed by atoms with Crippen LogP contribution in [0, 0.1) is 5.41 Å². The van der Waals surface area contributed by atoms with E-state index in [1.54, 1.807) is 6.33 Å². The van der Waals surface area contributed by atoms with Crippen LogP contribution in [0.3, 0.4) is 0 Å². The van der Waals surface area contributed by atoms with Gasteiger partial charge in [-0.05, 0) is 37.2 Å². The molecular weight excluding hydrogens is 475 g/mol. The number of aryl methyl sites for hydroxylation is 2. The standard InChI is InChI=1S/C22H36N6.HI/c1-5-20-27-26-18-28(20)16-15-24-21(23-6-2)25-17-22(3,4)14-10-13-19-11-8-7-9-12-19;/h7-9,11-12,18H,5-6,10,13-17H2,1-4H3,(H2,23,24,25);1H. The Morgan fingerprint density at radius 2 is 1.90 bits per heavy atom. The molecule has 0 aliphatic carbocycles.